The van der Waals surface area contributed by atoms with Gasteiger partial charge in [0.15, 0.2) is 0 Å². The molecule has 0 heterocycles. The van der Waals surface area contributed by atoms with Crippen molar-refractivity contribution in [1.82, 2.24) is 4.72 Å². The molecule has 6 heteroatoms. The molecule has 1 unspecified atom stereocenters. The van der Waals surface area contributed by atoms with Gasteiger partial charge in [-0.15, -0.1) is 0 Å². The molecule has 0 amide bonds. The molecule has 1 atom stereocenters. The standard InChI is InChI=1S/C15H19NO4S/c17-15(18)9-14(11-4-5-11)16-21(19,20)13-7-6-10-2-1-3-12(10)8-13/h6-8,11,14,16H,1-5,9H2,(H,17,18). The number of hydrogen-bond donors (Lipinski definition) is 2. The lowest BCUT2D eigenvalue weighted by atomic mass is 10.1. The van der Waals surface area contributed by atoms with Gasteiger partial charge >= 0.3 is 5.97 Å². The summed E-state index contributed by atoms with van der Waals surface area (Å²) in [6, 6.07) is 4.73. The SMILES string of the molecule is O=C(O)CC(NS(=O)(=O)c1ccc2c(c1)CCC2)C1CC1. The number of carbonyl (C=O) groups is 1. The van der Waals surface area contributed by atoms with Gasteiger partial charge in [-0.3, -0.25) is 4.79 Å². The molecule has 1 saturated carbocycles. The zero-order valence-corrected chi connectivity index (χ0v) is 12.5. The van der Waals surface area contributed by atoms with Crippen molar-refractivity contribution in [3.8, 4) is 0 Å². The molecule has 1 aromatic carbocycles. The first-order chi connectivity index (χ1) is 9.95. The third-order valence-corrected chi connectivity index (χ3v) is 5.76. The Morgan fingerprint density at radius 3 is 2.67 bits per heavy atom. The Hall–Kier alpha value is -1.40. The summed E-state index contributed by atoms with van der Waals surface area (Å²) in [5.74, 6) is -0.811. The lowest BCUT2D eigenvalue weighted by molar-refractivity contribution is -0.137. The van der Waals surface area contributed by atoms with Gasteiger partial charge in [0.05, 0.1) is 11.3 Å². The van der Waals surface area contributed by atoms with Gasteiger partial charge < -0.3 is 5.11 Å². The van der Waals surface area contributed by atoms with Crippen LogP contribution in [0.2, 0.25) is 0 Å². The van der Waals surface area contributed by atoms with E-state index < -0.39 is 22.0 Å². The minimum atomic E-state index is -3.65. The van der Waals surface area contributed by atoms with E-state index >= 15 is 0 Å². The fraction of sp³-hybridized carbons (Fsp3) is 0.533. The molecule has 0 saturated heterocycles. The number of benzene rings is 1. The maximum Gasteiger partial charge on any atom is 0.304 e. The van der Waals surface area contributed by atoms with Crippen molar-refractivity contribution in [3.63, 3.8) is 0 Å². The molecule has 0 aromatic heterocycles. The molecule has 0 aliphatic heterocycles. The molecule has 0 bridgehead atoms. The molecular formula is C15H19NO4S. The van der Waals surface area contributed by atoms with Crippen molar-refractivity contribution in [2.45, 2.75) is 49.5 Å². The number of hydrogen-bond acceptors (Lipinski definition) is 3. The van der Waals surface area contributed by atoms with Crippen LogP contribution in [-0.4, -0.2) is 25.5 Å². The zero-order chi connectivity index (χ0) is 15.0. The fourth-order valence-corrected chi connectivity index (χ4v) is 4.33. The Balaban J connectivity index is 1.80. The van der Waals surface area contributed by atoms with E-state index in [0.29, 0.717) is 0 Å². The quantitative estimate of drug-likeness (QED) is 0.838. The van der Waals surface area contributed by atoms with Gasteiger partial charge in [-0.05, 0) is 61.3 Å². The highest BCUT2D eigenvalue weighted by molar-refractivity contribution is 7.89. The van der Waals surface area contributed by atoms with Crippen molar-refractivity contribution in [1.29, 1.82) is 0 Å². The summed E-state index contributed by atoms with van der Waals surface area (Å²) in [6.07, 6.45) is 4.62. The Kier molecular flexibility index (Phi) is 3.75. The van der Waals surface area contributed by atoms with E-state index in [2.05, 4.69) is 4.72 Å². The van der Waals surface area contributed by atoms with Crippen LogP contribution in [0.1, 0.15) is 36.8 Å². The highest BCUT2D eigenvalue weighted by Crippen LogP contribution is 2.35. The number of carboxylic acids is 1. The molecule has 114 valence electrons. The monoisotopic (exact) mass is 309 g/mol. The van der Waals surface area contributed by atoms with E-state index in [1.807, 2.05) is 6.07 Å². The van der Waals surface area contributed by atoms with Crippen LogP contribution >= 0.6 is 0 Å². The van der Waals surface area contributed by atoms with Crippen LogP contribution in [0.3, 0.4) is 0 Å². The van der Waals surface area contributed by atoms with Gasteiger partial charge in [0.1, 0.15) is 0 Å². The first-order valence-corrected chi connectivity index (χ1v) is 8.80. The minimum absolute atomic E-state index is 0.158. The lowest BCUT2D eigenvalue weighted by Gasteiger charge is -2.16. The van der Waals surface area contributed by atoms with Gasteiger partial charge in [0.2, 0.25) is 10.0 Å². The molecule has 0 spiro atoms. The summed E-state index contributed by atoms with van der Waals surface area (Å²) < 4.78 is 27.5. The normalized spacial score (nSPS) is 19.2. The van der Waals surface area contributed by atoms with Gasteiger partial charge in [0, 0.05) is 6.04 Å². The summed E-state index contributed by atoms with van der Waals surface area (Å²) >= 11 is 0. The first-order valence-electron chi connectivity index (χ1n) is 7.31. The smallest absolute Gasteiger partial charge is 0.304 e. The van der Waals surface area contributed by atoms with Gasteiger partial charge in [-0.2, -0.15) is 0 Å². The van der Waals surface area contributed by atoms with E-state index in [0.717, 1.165) is 37.7 Å². The van der Waals surface area contributed by atoms with E-state index in [-0.39, 0.29) is 17.2 Å². The highest BCUT2D eigenvalue weighted by Gasteiger charge is 2.35. The second-order valence-corrected chi connectivity index (χ2v) is 7.66. The Bertz CT molecular complexity index is 664. The van der Waals surface area contributed by atoms with Crippen LogP contribution < -0.4 is 4.72 Å². The number of rotatable bonds is 6. The lowest BCUT2D eigenvalue weighted by Crippen LogP contribution is -2.38. The Labute approximate surface area is 124 Å². The number of nitrogens with one attached hydrogen (secondary N) is 1. The second-order valence-electron chi connectivity index (χ2n) is 5.95. The molecule has 2 N–H and O–H groups in total. The summed E-state index contributed by atoms with van der Waals surface area (Å²) in [4.78, 5) is 11.1. The topological polar surface area (TPSA) is 83.5 Å². The fourth-order valence-electron chi connectivity index (χ4n) is 2.97. The summed E-state index contributed by atoms with van der Waals surface area (Å²) in [5, 5.41) is 8.92. The zero-order valence-electron chi connectivity index (χ0n) is 11.7. The molecule has 5 nitrogen and oxygen atoms in total. The molecule has 21 heavy (non-hydrogen) atoms. The van der Waals surface area contributed by atoms with Crippen LogP contribution in [0.15, 0.2) is 23.1 Å². The Morgan fingerprint density at radius 2 is 2.00 bits per heavy atom. The third-order valence-electron chi connectivity index (χ3n) is 4.27. The predicted octanol–water partition coefficient (Wildman–Crippen LogP) is 1.71. The Morgan fingerprint density at radius 1 is 1.29 bits per heavy atom. The minimum Gasteiger partial charge on any atom is -0.481 e. The highest BCUT2D eigenvalue weighted by atomic mass is 32.2. The van der Waals surface area contributed by atoms with Gasteiger partial charge in [-0.1, -0.05) is 6.07 Å². The average Bonchev–Trinajstić information content (AvgIpc) is 3.14. The van der Waals surface area contributed by atoms with Gasteiger partial charge in [0.25, 0.3) is 0 Å². The van der Waals surface area contributed by atoms with Crippen molar-refractivity contribution in [2.75, 3.05) is 0 Å². The third kappa shape index (κ3) is 3.27. The predicted molar refractivity (Wildman–Crippen MR) is 77.6 cm³/mol. The molecule has 0 radical (unpaired) electrons. The molecule has 3 rings (SSSR count). The molecular weight excluding hydrogens is 290 g/mol. The molecule has 1 aromatic rings. The molecule has 1 fully saturated rings. The van der Waals surface area contributed by atoms with Crippen molar-refractivity contribution >= 4 is 16.0 Å². The summed E-state index contributed by atoms with van der Waals surface area (Å²) in [7, 11) is -3.65. The number of aliphatic carboxylic acids is 1. The first kappa shape index (κ1) is 14.5. The van der Waals surface area contributed by atoms with Crippen molar-refractivity contribution in [2.24, 2.45) is 5.92 Å². The van der Waals surface area contributed by atoms with Crippen LogP contribution in [0, 0.1) is 5.92 Å². The van der Waals surface area contributed by atoms with Crippen LogP contribution in [0.4, 0.5) is 0 Å². The largest absolute Gasteiger partial charge is 0.481 e. The average molecular weight is 309 g/mol. The van der Waals surface area contributed by atoms with Crippen LogP contribution in [0.25, 0.3) is 0 Å². The number of carboxylic acid groups (broad SMARTS) is 1. The van der Waals surface area contributed by atoms with Crippen LogP contribution in [-0.2, 0) is 27.7 Å². The van der Waals surface area contributed by atoms with E-state index in [4.69, 9.17) is 5.11 Å². The number of fused-ring (bicyclic) bond motifs is 1. The molecule has 2 aliphatic rings. The molecule has 2 aliphatic carbocycles. The van der Waals surface area contributed by atoms with Crippen molar-refractivity contribution < 1.29 is 18.3 Å². The van der Waals surface area contributed by atoms with Crippen LogP contribution in [0.5, 0.6) is 0 Å². The maximum absolute atomic E-state index is 12.5. The van der Waals surface area contributed by atoms with E-state index in [9.17, 15) is 13.2 Å². The summed E-state index contributed by atoms with van der Waals surface area (Å²) in [6.45, 7) is 0. The van der Waals surface area contributed by atoms with E-state index in [1.54, 1.807) is 12.1 Å². The maximum atomic E-state index is 12.5. The van der Waals surface area contributed by atoms with Crippen molar-refractivity contribution in [3.05, 3.63) is 29.3 Å². The number of sulfonamides is 1. The van der Waals surface area contributed by atoms with E-state index in [1.165, 1.54) is 5.56 Å². The number of aryl methyl sites for hydroxylation is 2. The second kappa shape index (κ2) is 5.42. The van der Waals surface area contributed by atoms with Gasteiger partial charge in [-0.25, -0.2) is 13.1 Å². The summed E-state index contributed by atoms with van der Waals surface area (Å²) in [5.41, 5.74) is 2.32.